The fourth-order valence-electron chi connectivity index (χ4n) is 1.96. The molecule has 0 unspecified atom stereocenters. The van der Waals surface area contributed by atoms with Gasteiger partial charge in [-0.2, -0.15) is 0 Å². The van der Waals surface area contributed by atoms with Crippen LogP contribution in [0.1, 0.15) is 36.4 Å². The summed E-state index contributed by atoms with van der Waals surface area (Å²) in [6, 6.07) is 5.75. The number of furan rings is 1. The lowest BCUT2D eigenvalue weighted by Gasteiger charge is -2.05. The molecule has 0 saturated heterocycles. The van der Waals surface area contributed by atoms with E-state index in [1.54, 1.807) is 0 Å². The first kappa shape index (κ1) is 14.1. The molecule has 1 heterocycles. The van der Waals surface area contributed by atoms with Crippen molar-refractivity contribution >= 4 is 32.8 Å². The first-order valence-corrected chi connectivity index (χ1v) is 7.25. The number of carbonyl (C=O) groups excluding carboxylic acids is 1. The Kier molecular flexibility index (Phi) is 4.30. The fourth-order valence-corrected chi connectivity index (χ4v) is 2.33. The summed E-state index contributed by atoms with van der Waals surface area (Å²) in [7, 11) is 0. The van der Waals surface area contributed by atoms with Crippen molar-refractivity contribution < 1.29 is 9.21 Å². The second-order valence-corrected chi connectivity index (χ2v) is 6.05. The normalized spacial score (nSPS) is 11.2. The van der Waals surface area contributed by atoms with E-state index in [1.165, 1.54) is 0 Å². The van der Waals surface area contributed by atoms with Crippen molar-refractivity contribution in [2.75, 3.05) is 6.54 Å². The molecule has 1 N–H and O–H groups in total. The molecule has 4 heteroatoms. The van der Waals surface area contributed by atoms with E-state index in [0.29, 0.717) is 18.2 Å². The molecule has 2 rings (SSSR count). The summed E-state index contributed by atoms with van der Waals surface area (Å²) in [4.78, 5) is 12.1. The fraction of sp³-hybridized carbons (Fsp3) is 0.400. The molecule has 1 aromatic heterocycles. The number of nitrogens with one attached hydrogen (secondary N) is 1. The lowest BCUT2D eigenvalue weighted by molar-refractivity contribution is 0.0925. The highest BCUT2D eigenvalue weighted by atomic mass is 79.9. The average Bonchev–Trinajstić information content (AvgIpc) is 2.66. The van der Waals surface area contributed by atoms with E-state index < -0.39 is 0 Å². The molecule has 1 aromatic carbocycles. The van der Waals surface area contributed by atoms with Crippen LogP contribution in [0.3, 0.4) is 0 Å². The molecule has 0 radical (unpaired) electrons. The van der Waals surface area contributed by atoms with Gasteiger partial charge in [0.2, 0.25) is 0 Å². The van der Waals surface area contributed by atoms with Crippen LogP contribution in [0.15, 0.2) is 27.1 Å². The van der Waals surface area contributed by atoms with Crippen molar-refractivity contribution in [3.05, 3.63) is 34.0 Å². The number of amides is 1. The van der Waals surface area contributed by atoms with Gasteiger partial charge in [0.05, 0.1) is 0 Å². The molecule has 0 aliphatic carbocycles. The number of hydrogen-bond donors (Lipinski definition) is 1. The second kappa shape index (κ2) is 5.78. The molecule has 102 valence electrons. The molecule has 1 amide bonds. The summed E-state index contributed by atoms with van der Waals surface area (Å²) in [5.74, 6) is 0.857. The van der Waals surface area contributed by atoms with Crippen molar-refractivity contribution in [2.45, 2.75) is 27.2 Å². The van der Waals surface area contributed by atoms with Gasteiger partial charge in [-0.05, 0) is 37.5 Å². The van der Waals surface area contributed by atoms with Crippen molar-refractivity contribution in [3.8, 4) is 0 Å². The maximum absolute atomic E-state index is 12.1. The van der Waals surface area contributed by atoms with Crippen LogP contribution in [0.2, 0.25) is 0 Å². The van der Waals surface area contributed by atoms with E-state index in [4.69, 9.17) is 4.42 Å². The Morgan fingerprint density at radius 1 is 1.42 bits per heavy atom. The number of hydrogen-bond acceptors (Lipinski definition) is 2. The zero-order valence-corrected chi connectivity index (χ0v) is 13.0. The monoisotopic (exact) mass is 323 g/mol. The van der Waals surface area contributed by atoms with Gasteiger partial charge in [0.25, 0.3) is 5.91 Å². The first-order chi connectivity index (χ1) is 8.99. The Morgan fingerprint density at radius 3 is 2.84 bits per heavy atom. The quantitative estimate of drug-likeness (QED) is 0.912. The summed E-state index contributed by atoms with van der Waals surface area (Å²) < 4.78 is 6.62. The molecule has 3 nitrogen and oxygen atoms in total. The van der Waals surface area contributed by atoms with E-state index >= 15 is 0 Å². The largest absolute Gasteiger partial charge is 0.451 e. The number of fused-ring (bicyclic) bond motifs is 1. The molecule has 0 bridgehead atoms. The third kappa shape index (κ3) is 3.18. The summed E-state index contributed by atoms with van der Waals surface area (Å²) >= 11 is 3.43. The standard InChI is InChI=1S/C15H18BrNO2/c1-9(2)6-7-17-15(18)14-10(3)12-8-11(16)4-5-13(12)19-14/h4-5,8-9H,6-7H2,1-3H3,(H,17,18). The van der Waals surface area contributed by atoms with Crippen molar-refractivity contribution in [2.24, 2.45) is 5.92 Å². The third-order valence-electron chi connectivity index (χ3n) is 3.11. The van der Waals surface area contributed by atoms with Gasteiger partial charge in [-0.3, -0.25) is 4.79 Å². The van der Waals surface area contributed by atoms with Gasteiger partial charge in [0.15, 0.2) is 5.76 Å². The lowest BCUT2D eigenvalue weighted by Crippen LogP contribution is -2.25. The third-order valence-corrected chi connectivity index (χ3v) is 3.60. The minimum absolute atomic E-state index is 0.134. The van der Waals surface area contributed by atoms with E-state index in [-0.39, 0.29) is 5.91 Å². The van der Waals surface area contributed by atoms with Crippen LogP contribution in [0.25, 0.3) is 11.0 Å². The van der Waals surface area contributed by atoms with Gasteiger partial charge in [-0.1, -0.05) is 29.8 Å². The molecule has 0 aliphatic rings. The predicted molar refractivity (Wildman–Crippen MR) is 80.4 cm³/mol. The smallest absolute Gasteiger partial charge is 0.287 e. The summed E-state index contributed by atoms with van der Waals surface area (Å²) in [6.45, 7) is 6.86. The maximum Gasteiger partial charge on any atom is 0.287 e. The van der Waals surface area contributed by atoms with Crippen molar-refractivity contribution in [3.63, 3.8) is 0 Å². The minimum Gasteiger partial charge on any atom is -0.451 e. The van der Waals surface area contributed by atoms with Crippen LogP contribution in [-0.2, 0) is 0 Å². The molecular formula is C15H18BrNO2. The number of aryl methyl sites for hydroxylation is 1. The Bertz CT molecular complexity index is 601. The minimum atomic E-state index is -0.134. The van der Waals surface area contributed by atoms with Crippen LogP contribution >= 0.6 is 15.9 Å². The van der Waals surface area contributed by atoms with E-state index in [9.17, 15) is 4.79 Å². The molecule has 0 saturated carbocycles. The number of halogens is 1. The van der Waals surface area contributed by atoms with Gasteiger partial charge < -0.3 is 9.73 Å². The molecule has 0 fully saturated rings. The van der Waals surface area contributed by atoms with E-state index in [0.717, 1.165) is 27.4 Å². The number of carbonyl (C=O) groups is 1. The molecular weight excluding hydrogens is 306 g/mol. The Labute approximate surface area is 121 Å². The summed E-state index contributed by atoms with van der Waals surface area (Å²) in [5, 5.41) is 3.88. The molecule has 2 aromatic rings. The highest BCUT2D eigenvalue weighted by Crippen LogP contribution is 2.27. The van der Waals surface area contributed by atoms with Crippen LogP contribution in [-0.4, -0.2) is 12.5 Å². The molecule has 0 spiro atoms. The topological polar surface area (TPSA) is 42.2 Å². The summed E-state index contributed by atoms with van der Waals surface area (Å²) in [5.41, 5.74) is 1.63. The van der Waals surface area contributed by atoms with E-state index in [2.05, 4.69) is 35.1 Å². The van der Waals surface area contributed by atoms with Crippen LogP contribution in [0.4, 0.5) is 0 Å². The van der Waals surface area contributed by atoms with E-state index in [1.807, 2.05) is 25.1 Å². The van der Waals surface area contributed by atoms with Gasteiger partial charge in [-0.25, -0.2) is 0 Å². The number of rotatable bonds is 4. The van der Waals surface area contributed by atoms with Crippen LogP contribution < -0.4 is 5.32 Å². The van der Waals surface area contributed by atoms with Crippen molar-refractivity contribution in [1.29, 1.82) is 0 Å². The Morgan fingerprint density at radius 2 is 2.16 bits per heavy atom. The molecule has 0 aliphatic heterocycles. The maximum atomic E-state index is 12.1. The summed E-state index contributed by atoms with van der Waals surface area (Å²) in [6.07, 6.45) is 0.969. The first-order valence-electron chi connectivity index (χ1n) is 6.46. The highest BCUT2D eigenvalue weighted by molar-refractivity contribution is 9.10. The lowest BCUT2D eigenvalue weighted by atomic mass is 10.1. The van der Waals surface area contributed by atoms with Crippen LogP contribution in [0, 0.1) is 12.8 Å². The number of benzene rings is 1. The second-order valence-electron chi connectivity index (χ2n) is 5.14. The van der Waals surface area contributed by atoms with Crippen molar-refractivity contribution in [1.82, 2.24) is 5.32 Å². The van der Waals surface area contributed by atoms with Gasteiger partial charge in [0.1, 0.15) is 5.58 Å². The highest BCUT2D eigenvalue weighted by Gasteiger charge is 2.17. The average molecular weight is 324 g/mol. The SMILES string of the molecule is Cc1c(C(=O)NCCC(C)C)oc2ccc(Br)cc12. The Balaban J connectivity index is 2.20. The molecule has 0 atom stereocenters. The predicted octanol–water partition coefficient (Wildman–Crippen LogP) is 4.28. The zero-order valence-electron chi connectivity index (χ0n) is 11.4. The van der Waals surface area contributed by atoms with Gasteiger partial charge in [0, 0.05) is 22.0 Å². The zero-order chi connectivity index (χ0) is 14.0. The van der Waals surface area contributed by atoms with Gasteiger partial charge in [-0.15, -0.1) is 0 Å². The van der Waals surface area contributed by atoms with Crippen LogP contribution in [0.5, 0.6) is 0 Å². The Hall–Kier alpha value is -1.29. The molecule has 19 heavy (non-hydrogen) atoms. The van der Waals surface area contributed by atoms with Gasteiger partial charge >= 0.3 is 0 Å².